The Labute approximate surface area is 191 Å². The molecule has 1 heterocycles. The Kier molecular flexibility index (Phi) is 9.02. The molecule has 0 aromatic heterocycles. The summed E-state index contributed by atoms with van der Waals surface area (Å²) in [4.78, 5) is 42.8. The van der Waals surface area contributed by atoms with Crippen molar-refractivity contribution in [2.45, 2.75) is 51.3 Å². The fourth-order valence-corrected chi connectivity index (χ4v) is 3.51. The van der Waals surface area contributed by atoms with E-state index in [0.29, 0.717) is 17.9 Å². The standard InChI is InChI=1S/C21H30N2O8S/c1-21(2,3)30-20(26)23(14(11-32-5)18(22)19(25)27-4)31-17(24)9-7-13-6-8-15-16(10-13)29-12-28-15/h6,8,10,14,18H,7,9,11-12,22H2,1-5H3/t14?,18-/m0/s1. The largest absolute Gasteiger partial charge is 0.468 e. The van der Waals surface area contributed by atoms with Crippen molar-refractivity contribution < 1.29 is 38.2 Å². The minimum absolute atomic E-state index is 0.0294. The third-order valence-corrected chi connectivity index (χ3v) is 5.03. The van der Waals surface area contributed by atoms with E-state index in [9.17, 15) is 14.4 Å². The lowest BCUT2D eigenvalue weighted by Crippen LogP contribution is -2.56. The molecule has 0 fully saturated rings. The van der Waals surface area contributed by atoms with Crippen LogP contribution in [0.2, 0.25) is 0 Å². The topological polar surface area (TPSA) is 127 Å². The van der Waals surface area contributed by atoms with Crippen molar-refractivity contribution in [3.05, 3.63) is 23.8 Å². The maximum atomic E-state index is 12.8. The smallest absolute Gasteiger partial charge is 0.444 e. The number of nitrogens with two attached hydrogens (primary N) is 1. The minimum atomic E-state index is -1.23. The number of fused-ring (bicyclic) bond motifs is 1. The normalized spacial score (nSPS) is 14.3. The van der Waals surface area contributed by atoms with Gasteiger partial charge in [0.1, 0.15) is 17.7 Å². The highest BCUT2D eigenvalue weighted by Gasteiger charge is 2.38. The molecule has 2 N–H and O–H groups in total. The second kappa shape index (κ2) is 11.3. The van der Waals surface area contributed by atoms with E-state index in [1.165, 1.54) is 18.9 Å². The van der Waals surface area contributed by atoms with Crippen molar-refractivity contribution in [3.8, 4) is 11.5 Å². The number of amides is 1. The fraction of sp³-hybridized carbons (Fsp3) is 0.571. The number of carbonyl (C=O) groups is 3. The zero-order valence-corrected chi connectivity index (χ0v) is 19.7. The first-order chi connectivity index (χ1) is 15.1. The molecule has 1 aromatic rings. The number of aryl methyl sites for hydroxylation is 1. The molecule has 1 aliphatic rings. The van der Waals surface area contributed by atoms with Gasteiger partial charge in [0.05, 0.1) is 13.5 Å². The number of benzene rings is 1. The zero-order chi connectivity index (χ0) is 23.9. The van der Waals surface area contributed by atoms with Crippen LogP contribution in [-0.2, 0) is 30.3 Å². The molecule has 0 saturated carbocycles. The van der Waals surface area contributed by atoms with Gasteiger partial charge in [-0.1, -0.05) is 6.07 Å². The average Bonchev–Trinajstić information content (AvgIpc) is 3.20. The number of hydroxylamine groups is 2. The maximum absolute atomic E-state index is 12.8. The molecular weight excluding hydrogens is 440 g/mol. The van der Waals surface area contributed by atoms with Gasteiger partial charge in [-0.05, 0) is 51.1 Å². The number of carbonyl (C=O) groups excluding carboxylic acids is 3. The van der Waals surface area contributed by atoms with Crippen molar-refractivity contribution in [1.29, 1.82) is 0 Å². The first-order valence-corrected chi connectivity index (χ1v) is 11.4. The molecule has 11 heteroatoms. The Hall–Kier alpha value is -2.66. The predicted octanol–water partition coefficient (Wildman–Crippen LogP) is 2.28. The van der Waals surface area contributed by atoms with Crippen molar-refractivity contribution in [1.82, 2.24) is 5.06 Å². The second-order valence-electron chi connectivity index (χ2n) is 8.03. The van der Waals surface area contributed by atoms with Crippen molar-refractivity contribution in [2.75, 3.05) is 25.9 Å². The monoisotopic (exact) mass is 470 g/mol. The lowest BCUT2D eigenvalue weighted by molar-refractivity contribution is -0.195. The summed E-state index contributed by atoms with van der Waals surface area (Å²) < 4.78 is 20.7. The summed E-state index contributed by atoms with van der Waals surface area (Å²) in [5.41, 5.74) is 5.98. The molecule has 10 nitrogen and oxygen atoms in total. The number of methoxy groups -OCH3 is 1. The summed E-state index contributed by atoms with van der Waals surface area (Å²) in [6.45, 7) is 5.18. The highest BCUT2D eigenvalue weighted by Crippen LogP contribution is 2.32. The van der Waals surface area contributed by atoms with Crippen LogP contribution in [0.15, 0.2) is 18.2 Å². The lowest BCUT2D eigenvalue weighted by atomic mass is 10.1. The van der Waals surface area contributed by atoms with Crippen LogP contribution in [-0.4, -0.2) is 66.7 Å². The third kappa shape index (κ3) is 7.20. The summed E-state index contributed by atoms with van der Waals surface area (Å²) in [6.07, 6.45) is 1.16. The summed E-state index contributed by atoms with van der Waals surface area (Å²) in [5.74, 6) is 0.0375. The summed E-state index contributed by atoms with van der Waals surface area (Å²) in [6, 6.07) is 3.14. The molecule has 0 aliphatic carbocycles. The summed E-state index contributed by atoms with van der Waals surface area (Å²) in [5, 5.41) is 0.741. The van der Waals surface area contributed by atoms with Crippen LogP contribution in [0.3, 0.4) is 0 Å². The van der Waals surface area contributed by atoms with Crippen molar-refractivity contribution >= 4 is 29.8 Å². The van der Waals surface area contributed by atoms with Crippen LogP contribution in [0, 0.1) is 0 Å². The molecule has 0 saturated heterocycles. The number of esters is 1. The molecule has 1 amide bonds. The van der Waals surface area contributed by atoms with Gasteiger partial charge in [0, 0.05) is 5.75 Å². The number of hydrogen-bond acceptors (Lipinski definition) is 10. The lowest BCUT2D eigenvalue weighted by Gasteiger charge is -2.33. The first kappa shape index (κ1) is 25.6. The SMILES string of the molecule is COC(=O)[C@@H](N)C(CSC)N(OC(=O)CCc1ccc2c(c1)OCO2)C(=O)OC(C)(C)C. The van der Waals surface area contributed by atoms with E-state index in [4.69, 9.17) is 29.5 Å². The number of ether oxygens (including phenoxy) is 4. The predicted molar refractivity (Wildman–Crippen MR) is 117 cm³/mol. The summed E-state index contributed by atoms with van der Waals surface area (Å²) >= 11 is 1.32. The Balaban J connectivity index is 2.13. The number of rotatable bonds is 8. The molecule has 0 radical (unpaired) electrons. The number of nitrogens with zero attached hydrogens (tertiary/aromatic N) is 1. The molecule has 32 heavy (non-hydrogen) atoms. The van der Waals surface area contributed by atoms with Gasteiger partial charge >= 0.3 is 18.0 Å². The van der Waals surface area contributed by atoms with Gasteiger partial charge in [-0.3, -0.25) is 4.79 Å². The Bertz CT molecular complexity index is 827. The van der Waals surface area contributed by atoms with E-state index in [0.717, 1.165) is 10.6 Å². The van der Waals surface area contributed by atoms with Crippen LogP contribution in [0.4, 0.5) is 4.79 Å². The van der Waals surface area contributed by atoms with Gasteiger partial charge in [0.25, 0.3) is 0 Å². The quantitative estimate of drug-likeness (QED) is 0.446. The van der Waals surface area contributed by atoms with Crippen LogP contribution in [0.1, 0.15) is 32.8 Å². The fourth-order valence-electron chi connectivity index (χ4n) is 2.83. The Morgan fingerprint density at radius 3 is 2.53 bits per heavy atom. The van der Waals surface area contributed by atoms with E-state index >= 15 is 0 Å². The van der Waals surface area contributed by atoms with Crippen LogP contribution in [0.25, 0.3) is 0 Å². The van der Waals surface area contributed by atoms with E-state index in [-0.39, 0.29) is 19.0 Å². The molecule has 1 aliphatic heterocycles. The van der Waals surface area contributed by atoms with Crippen molar-refractivity contribution in [2.24, 2.45) is 5.73 Å². The molecular formula is C21H30N2O8S. The van der Waals surface area contributed by atoms with Gasteiger partial charge in [-0.25, -0.2) is 9.59 Å². The van der Waals surface area contributed by atoms with Gasteiger partial charge in [-0.15, -0.1) is 5.06 Å². The minimum Gasteiger partial charge on any atom is -0.468 e. The molecule has 0 bridgehead atoms. The third-order valence-electron chi connectivity index (χ3n) is 4.35. The molecule has 178 valence electrons. The van der Waals surface area contributed by atoms with Crippen LogP contribution in [0.5, 0.6) is 11.5 Å². The Morgan fingerprint density at radius 1 is 1.22 bits per heavy atom. The average molecular weight is 471 g/mol. The maximum Gasteiger partial charge on any atom is 0.444 e. The number of thioether (sulfide) groups is 1. The van der Waals surface area contributed by atoms with Crippen molar-refractivity contribution in [3.63, 3.8) is 0 Å². The molecule has 1 aromatic carbocycles. The van der Waals surface area contributed by atoms with E-state index in [1.54, 1.807) is 39.2 Å². The highest BCUT2D eigenvalue weighted by molar-refractivity contribution is 7.98. The van der Waals surface area contributed by atoms with Gasteiger partial charge in [-0.2, -0.15) is 11.8 Å². The van der Waals surface area contributed by atoms with Crippen LogP contribution >= 0.6 is 11.8 Å². The highest BCUT2D eigenvalue weighted by atomic mass is 32.2. The second-order valence-corrected chi connectivity index (χ2v) is 8.94. The molecule has 2 rings (SSSR count). The summed E-state index contributed by atoms with van der Waals surface area (Å²) in [7, 11) is 1.19. The molecule has 2 atom stereocenters. The van der Waals surface area contributed by atoms with Gasteiger partial charge < -0.3 is 29.5 Å². The zero-order valence-electron chi connectivity index (χ0n) is 18.9. The Morgan fingerprint density at radius 2 is 1.91 bits per heavy atom. The first-order valence-electron chi connectivity index (χ1n) is 9.99. The van der Waals surface area contributed by atoms with E-state index in [1.807, 2.05) is 6.07 Å². The van der Waals surface area contributed by atoms with Gasteiger partial charge in [0.2, 0.25) is 6.79 Å². The van der Waals surface area contributed by atoms with E-state index in [2.05, 4.69) is 0 Å². The van der Waals surface area contributed by atoms with E-state index < -0.39 is 35.7 Å². The van der Waals surface area contributed by atoms with Gasteiger partial charge in [0.15, 0.2) is 11.5 Å². The van der Waals surface area contributed by atoms with Crippen LogP contribution < -0.4 is 15.2 Å². The molecule has 1 unspecified atom stereocenters. The number of hydrogen-bond donors (Lipinski definition) is 1. The molecule has 0 spiro atoms.